The van der Waals surface area contributed by atoms with E-state index < -0.39 is 0 Å². The lowest BCUT2D eigenvalue weighted by atomic mass is 9.83. The third-order valence-corrected chi connectivity index (χ3v) is 6.35. The minimum atomic E-state index is -0.286. The largest absolute Gasteiger partial charge is 0.508 e. The van der Waals surface area contributed by atoms with Gasteiger partial charge in [-0.05, 0) is 36.4 Å². The first-order valence-corrected chi connectivity index (χ1v) is 10.6. The van der Waals surface area contributed by atoms with Crippen molar-refractivity contribution in [3.63, 3.8) is 0 Å². The van der Waals surface area contributed by atoms with Gasteiger partial charge in [-0.15, -0.1) is 11.8 Å². The van der Waals surface area contributed by atoms with Gasteiger partial charge in [-0.3, -0.25) is 4.79 Å². The van der Waals surface area contributed by atoms with E-state index in [4.69, 9.17) is 0 Å². The van der Waals surface area contributed by atoms with Crippen LogP contribution >= 0.6 is 11.8 Å². The van der Waals surface area contributed by atoms with E-state index in [9.17, 15) is 9.90 Å². The maximum atomic E-state index is 13.1. The standard InChI is InChI=1S/C21H25N3O2S/c1-3-12-24-20(13-8-10-14(27-2)11-9-13)17-18(22-23-19(17)21(24)26)15-6-4-5-7-16(15)25/h4-11,17-20,22-23,25H,3,12H2,1-2H3. The summed E-state index contributed by atoms with van der Waals surface area (Å²) >= 11 is 1.71. The highest BCUT2D eigenvalue weighted by atomic mass is 32.2. The zero-order chi connectivity index (χ0) is 19.0. The summed E-state index contributed by atoms with van der Waals surface area (Å²) in [5.41, 5.74) is 8.44. The van der Waals surface area contributed by atoms with Gasteiger partial charge in [-0.1, -0.05) is 37.3 Å². The van der Waals surface area contributed by atoms with Gasteiger partial charge >= 0.3 is 0 Å². The molecule has 2 aromatic carbocycles. The van der Waals surface area contributed by atoms with Crippen LogP contribution in [-0.2, 0) is 4.79 Å². The molecule has 0 aliphatic carbocycles. The number of rotatable bonds is 5. The first-order valence-electron chi connectivity index (χ1n) is 9.39. The number of carbonyl (C=O) groups is 1. The van der Waals surface area contributed by atoms with Crippen LogP contribution in [0.15, 0.2) is 53.4 Å². The second kappa shape index (κ2) is 7.54. The number of hydrogen-bond acceptors (Lipinski definition) is 5. The molecule has 6 heteroatoms. The van der Waals surface area contributed by atoms with E-state index in [0.29, 0.717) is 0 Å². The molecule has 142 valence electrons. The molecule has 2 heterocycles. The molecule has 2 fully saturated rings. The zero-order valence-corrected chi connectivity index (χ0v) is 16.4. The lowest BCUT2D eigenvalue weighted by molar-refractivity contribution is -0.130. The van der Waals surface area contributed by atoms with Gasteiger partial charge in [0.05, 0.1) is 12.1 Å². The zero-order valence-electron chi connectivity index (χ0n) is 15.6. The molecular weight excluding hydrogens is 358 g/mol. The lowest BCUT2D eigenvalue weighted by Gasteiger charge is -2.31. The van der Waals surface area contributed by atoms with Crippen LogP contribution in [-0.4, -0.2) is 34.8 Å². The highest BCUT2D eigenvalue weighted by Gasteiger charge is 2.55. The number of hydrogen-bond donors (Lipinski definition) is 3. The van der Waals surface area contributed by atoms with Crippen molar-refractivity contribution in [3.05, 3.63) is 59.7 Å². The van der Waals surface area contributed by atoms with E-state index in [0.717, 1.165) is 24.1 Å². The highest BCUT2D eigenvalue weighted by Crippen LogP contribution is 2.48. The molecule has 0 bridgehead atoms. The van der Waals surface area contributed by atoms with Gasteiger partial charge < -0.3 is 10.0 Å². The summed E-state index contributed by atoms with van der Waals surface area (Å²) < 4.78 is 0. The van der Waals surface area contributed by atoms with Crippen molar-refractivity contribution in [1.82, 2.24) is 15.8 Å². The number of hydrazine groups is 1. The van der Waals surface area contributed by atoms with Gasteiger partial charge in [-0.25, -0.2) is 10.9 Å². The number of amides is 1. The summed E-state index contributed by atoms with van der Waals surface area (Å²) in [5.74, 6) is 0.402. The first kappa shape index (κ1) is 18.3. The lowest BCUT2D eigenvalue weighted by Crippen LogP contribution is -2.41. The van der Waals surface area contributed by atoms with Crippen molar-refractivity contribution in [2.45, 2.75) is 36.4 Å². The molecule has 3 N–H and O–H groups in total. The average Bonchev–Trinajstić information content (AvgIpc) is 3.23. The van der Waals surface area contributed by atoms with Crippen molar-refractivity contribution in [2.75, 3.05) is 12.8 Å². The van der Waals surface area contributed by atoms with Crippen LogP contribution < -0.4 is 10.9 Å². The van der Waals surface area contributed by atoms with Crippen molar-refractivity contribution >= 4 is 17.7 Å². The number of likely N-dealkylation sites (tertiary alicyclic amines) is 1. The molecule has 0 saturated carbocycles. The van der Waals surface area contributed by atoms with Gasteiger partial charge in [0.1, 0.15) is 11.8 Å². The summed E-state index contributed by atoms with van der Waals surface area (Å²) in [6, 6.07) is 15.4. The number of phenols is 1. The smallest absolute Gasteiger partial charge is 0.242 e. The van der Waals surface area contributed by atoms with Crippen LogP contribution in [0.25, 0.3) is 0 Å². The fraction of sp³-hybridized carbons (Fsp3) is 0.381. The fourth-order valence-electron chi connectivity index (χ4n) is 4.41. The van der Waals surface area contributed by atoms with Crippen LogP contribution in [0.2, 0.25) is 0 Å². The monoisotopic (exact) mass is 383 g/mol. The van der Waals surface area contributed by atoms with E-state index in [-0.39, 0.29) is 35.7 Å². The minimum Gasteiger partial charge on any atom is -0.508 e. The Bertz CT molecular complexity index is 826. The molecule has 4 unspecified atom stereocenters. The summed E-state index contributed by atoms with van der Waals surface area (Å²) in [6.45, 7) is 2.83. The Kier molecular flexibility index (Phi) is 5.12. The number of nitrogens with one attached hydrogen (secondary N) is 2. The summed E-state index contributed by atoms with van der Waals surface area (Å²) in [5, 5.41) is 10.4. The average molecular weight is 384 g/mol. The van der Waals surface area contributed by atoms with Crippen molar-refractivity contribution < 1.29 is 9.90 Å². The minimum absolute atomic E-state index is 0.0116. The first-order chi connectivity index (χ1) is 13.2. The Morgan fingerprint density at radius 3 is 2.44 bits per heavy atom. The fourth-order valence-corrected chi connectivity index (χ4v) is 4.82. The number of aromatic hydroxyl groups is 1. The summed E-state index contributed by atoms with van der Waals surface area (Å²) in [6.07, 6.45) is 2.98. The Morgan fingerprint density at radius 1 is 1.07 bits per heavy atom. The van der Waals surface area contributed by atoms with E-state index in [1.165, 1.54) is 4.90 Å². The molecule has 0 spiro atoms. The number of thioether (sulfide) groups is 1. The van der Waals surface area contributed by atoms with Crippen molar-refractivity contribution in [3.8, 4) is 5.75 Å². The maximum Gasteiger partial charge on any atom is 0.242 e. The Balaban J connectivity index is 1.76. The predicted octanol–water partition coefficient (Wildman–Crippen LogP) is 3.24. The Labute approximate surface area is 164 Å². The third kappa shape index (κ3) is 3.12. The van der Waals surface area contributed by atoms with E-state index >= 15 is 0 Å². The molecule has 2 aromatic rings. The van der Waals surface area contributed by atoms with Gasteiger partial charge in [-0.2, -0.15) is 0 Å². The second-order valence-corrected chi connectivity index (χ2v) is 8.01. The predicted molar refractivity (Wildman–Crippen MR) is 107 cm³/mol. The van der Waals surface area contributed by atoms with Crippen LogP contribution in [0.1, 0.15) is 36.6 Å². The summed E-state index contributed by atoms with van der Waals surface area (Å²) in [4.78, 5) is 16.3. The van der Waals surface area contributed by atoms with E-state index in [2.05, 4.69) is 48.3 Å². The number of benzene rings is 2. The van der Waals surface area contributed by atoms with Crippen LogP contribution in [0.5, 0.6) is 5.75 Å². The van der Waals surface area contributed by atoms with Crippen LogP contribution in [0.4, 0.5) is 0 Å². The third-order valence-electron chi connectivity index (χ3n) is 5.61. The van der Waals surface area contributed by atoms with E-state index in [1.807, 2.05) is 23.1 Å². The second-order valence-electron chi connectivity index (χ2n) is 7.13. The SMILES string of the molecule is CCCN1C(=O)C2NNC(c3ccccc3O)C2C1c1ccc(SC)cc1. The molecule has 2 aliphatic rings. The van der Waals surface area contributed by atoms with E-state index in [1.54, 1.807) is 17.8 Å². The number of phenolic OH excluding ortho intramolecular Hbond substituents is 1. The number of carbonyl (C=O) groups excluding carboxylic acids is 1. The van der Waals surface area contributed by atoms with Crippen molar-refractivity contribution in [1.29, 1.82) is 0 Å². The number of fused-ring (bicyclic) bond motifs is 1. The molecule has 0 aromatic heterocycles. The molecule has 4 rings (SSSR count). The van der Waals surface area contributed by atoms with Gasteiger partial charge in [0, 0.05) is 22.9 Å². The van der Waals surface area contributed by atoms with Gasteiger partial charge in [0.25, 0.3) is 0 Å². The normalized spacial score (nSPS) is 27.2. The Hall–Kier alpha value is -2.02. The maximum absolute atomic E-state index is 13.1. The molecule has 2 aliphatic heterocycles. The molecular formula is C21H25N3O2S. The quantitative estimate of drug-likeness (QED) is 0.692. The topological polar surface area (TPSA) is 64.6 Å². The highest BCUT2D eigenvalue weighted by molar-refractivity contribution is 7.98. The molecule has 1 amide bonds. The van der Waals surface area contributed by atoms with Crippen LogP contribution in [0, 0.1) is 5.92 Å². The molecule has 2 saturated heterocycles. The van der Waals surface area contributed by atoms with Crippen molar-refractivity contribution in [2.24, 2.45) is 5.92 Å². The molecule has 27 heavy (non-hydrogen) atoms. The molecule has 0 radical (unpaired) electrons. The van der Waals surface area contributed by atoms with Crippen LogP contribution in [0.3, 0.4) is 0 Å². The van der Waals surface area contributed by atoms with Gasteiger partial charge in [0.15, 0.2) is 0 Å². The molecule has 5 nitrogen and oxygen atoms in total. The Morgan fingerprint density at radius 2 is 1.78 bits per heavy atom. The number of para-hydroxylation sites is 1. The van der Waals surface area contributed by atoms with Gasteiger partial charge in [0.2, 0.25) is 5.91 Å². The number of nitrogens with zero attached hydrogens (tertiary/aromatic N) is 1. The molecule has 4 atom stereocenters. The summed E-state index contributed by atoms with van der Waals surface area (Å²) in [7, 11) is 0.